The van der Waals surface area contributed by atoms with Crippen molar-refractivity contribution in [2.45, 2.75) is 25.5 Å². The molecule has 1 aliphatic rings. The Hall–Kier alpha value is -0.840. The molecule has 2 rings (SSSR count). The highest BCUT2D eigenvalue weighted by molar-refractivity contribution is 5.12. The molecule has 1 fully saturated rings. The third-order valence-electron chi connectivity index (χ3n) is 3.82. The molecule has 3 unspecified atom stereocenters. The largest absolute Gasteiger partial charge is 0.472 e. The molecule has 2 N–H and O–H groups in total. The van der Waals surface area contributed by atoms with Crippen molar-refractivity contribution >= 4 is 0 Å². The maximum Gasteiger partial charge on any atom is 0.0950 e. The maximum atomic E-state index is 5.89. The van der Waals surface area contributed by atoms with Crippen molar-refractivity contribution < 1.29 is 9.15 Å². The van der Waals surface area contributed by atoms with Gasteiger partial charge in [0.25, 0.3) is 0 Å². The van der Waals surface area contributed by atoms with Crippen LogP contribution in [0.5, 0.6) is 0 Å². The van der Waals surface area contributed by atoms with Crippen molar-refractivity contribution in [2.24, 2.45) is 11.7 Å². The number of piperidine rings is 1. The van der Waals surface area contributed by atoms with E-state index in [1.54, 1.807) is 19.6 Å². The topological polar surface area (TPSA) is 51.6 Å². The number of furan rings is 1. The third kappa shape index (κ3) is 2.70. The van der Waals surface area contributed by atoms with Crippen LogP contribution in [-0.4, -0.2) is 37.7 Å². The minimum Gasteiger partial charge on any atom is -0.472 e. The van der Waals surface area contributed by atoms with Gasteiger partial charge in [0.05, 0.1) is 24.7 Å². The van der Waals surface area contributed by atoms with Crippen molar-refractivity contribution in [3.05, 3.63) is 24.2 Å². The van der Waals surface area contributed by atoms with Crippen LogP contribution in [0.15, 0.2) is 23.0 Å². The lowest BCUT2D eigenvalue weighted by atomic mass is 9.93. The van der Waals surface area contributed by atoms with Crippen molar-refractivity contribution in [1.29, 1.82) is 0 Å². The number of rotatable bonds is 4. The van der Waals surface area contributed by atoms with Crippen molar-refractivity contribution in [2.75, 3.05) is 26.7 Å². The summed E-state index contributed by atoms with van der Waals surface area (Å²) < 4.78 is 10.7. The summed E-state index contributed by atoms with van der Waals surface area (Å²) in [5.41, 5.74) is 7.06. The van der Waals surface area contributed by atoms with Gasteiger partial charge >= 0.3 is 0 Å². The van der Waals surface area contributed by atoms with Crippen molar-refractivity contribution in [3.8, 4) is 0 Å². The summed E-state index contributed by atoms with van der Waals surface area (Å²) in [6.07, 6.45) is 4.97. The summed E-state index contributed by atoms with van der Waals surface area (Å²) in [7, 11) is 1.79. The Bertz CT molecular complexity index is 326. The molecule has 3 atom stereocenters. The smallest absolute Gasteiger partial charge is 0.0950 e. The van der Waals surface area contributed by atoms with Gasteiger partial charge in [0.1, 0.15) is 0 Å². The molecule has 0 amide bonds. The Labute approximate surface area is 103 Å². The van der Waals surface area contributed by atoms with E-state index in [1.165, 1.54) is 0 Å². The van der Waals surface area contributed by atoms with Gasteiger partial charge in [-0.05, 0) is 24.9 Å². The van der Waals surface area contributed by atoms with Gasteiger partial charge < -0.3 is 14.9 Å². The Morgan fingerprint density at radius 2 is 2.47 bits per heavy atom. The van der Waals surface area contributed by atoms with E-state index in [4.69, 9.17) is 14.9 Å². The number of methoxy groups -OCH3 is 1. The molecular formula is C13H22N2O2. The van der Waals surface area contributed by atoms with Gasteiger partial charge in [-0.15, -0.1) is 0 Å². The quantitative estimate of drug-likeness (QED) is 0.866. The Balaban J connectivity index is 2.06. The summed E-state index contributed by atoms with van der Waals surface area (Å²) in [6, 6.07) is 2.25. The van der Waals surface area contributed by atoms with Crippen LogP contribution < -0.4 is 5.73 Å². The van der Waals surface area contributed by atoms with Crippen molar-refractivity contribution in [3.63, 3.8) is 0 Å². The second kappa shape index (κ2) is 5.67. The SMILES string of the molecule is COC1CN(C(CN)c2ccoc2)CCC1C. The van der Waals surface area contributed by atoms with E-state index in [0.29, 0.717) is 18.6 Å². The predicted octanol–water partition coefficient (Wildman–Crippen LogP) is 1.64. The highest BCUT2D eigenvalue weighted by atomic mass is 16.5. The second-order valence-corrected chi connectivity index (χ2v) is 4.84. The number of nitrogens with two attached hydrogens (primary N) is 1. The summed E-state index contributed by atoms with van der Waals surface area (Å²) in [4.78, 5) is 2.40. The number of hydrogen-bond acceptors (Lipinski definition) is 4. The summed E-state index contributed by atoms with van der Waals surface area (Å²) >= 11 is 0. The second-order valence-electron chi connectivity index (χ2n) is 4.84. The van der Waals surface area contributed by atoms with Gasteiger partial charge in [0, 0.05) is 25.8 Å². The van der Waals surface area contributed by atoms with Gasteiger partial charge in [-0.1, -0.05) is 6.92 Å². The predicted molar refractivity (Wildman–Crippen MR) is 66.7 cm³/mol. The van der Waals surface area contributed by atoms with E-state index < -0.39 is 0 Å². The molecule has 0 aromatic carbocycles. The highest BCUT2D eigenvalue weighted by Crippen LogP contribution is 2.27. The van der Waals surface area contributed by atoms with Crippen LogP contribution in [0.3, 0.4) is 0 Å². The molecule has 4 nitrogen and oxygen atoms in total. The van der Waals surface area contributed by atoms with Crippen molar-refractivity contribution in [1.82, 2.24) is 4.90 Å². The first-order valence-electron chi connectivity index (χ1n) is 6.25. The number of nitrogens with zero attached hydrogens (tertiary/aromatic N) is 1. The fourth-order valence-electron chi connectivity index (χ4n) is 2.61. The fraction of sp³-hybridized carbons (Fsp3) is 0.692. The van der Waals surface area contributed by atoms with E-state index in [9.17, 15) is 0 Å². The molecule has 0 aliphatic carbocycles. The standard InChI is InChI=1S/C13H22N2O2/c1-10-3-5-15(8-13(10)16-2)12(7-14)11-4-6-17-9-11/h4,6,9-10,12-13H,3,5,7-8,14H2,1-2H3. The lowest BCUT2D eigenvalue weighted by Gasteiger charge is -2.40. The Morgan fingerprint density at radius 3 is 3.06 bits per heavy atom. The lowest BCUT2D eigenvalue weighted by molar-refractivity contribution is -0.0184. The molecular weight excluding hydrogens is 216 g/mol. The van der Waals surface area contributed by atoms with Crippen LogP contribution in [0.4, 0.5) is 0 Å². The van der Waals surface area contributed by atoms with Gasteiger partial charge in [-0.25, -0.2) is 0 Å². The molecule has 17 heavy (non-hydrogen) atoms. The van der Waals surface area contributed by atoms with E-state index in [0.717, 1.165) is 25.1 Å². The van der Waals surface area contributed by atoms with Crippen LogP contribution in [-0.2, 0) is 4.74 Å². The number of hydrogen-bond donors (Lipinski definition) is 1. The average molecular weight is 238 g/mol. The van der Waals surface area contributed by atoms with Crippen LogP contribution in [0.25, 0.3) is 0 Å². The average Bonchev–Trinajstić information content (AvgIpc) is 2.86. The molecule has 96 valence electrons. The molecule has 1 saturated heterocycles. The fourth-order valence-corrected chi connectivity index (χ4v) is 2.61. The minimum absolute atomic E-state index is 0.249. The van der Waals surface area contributed by atoms with Crippen LogP contribution >= 0.6 is 0 Å². The summed E-state index contributed by atoms with van der Waals surface area (Å²) in [5, 5.41) is 0. The van der Waals surface area contributed by atoms with Gasteiger partial charge in [-0.3, -0.25) is 4.90 Å². The normalized spacial score (nSPS) is 28.2. The zero-order valence-electron chi connectivity index (χ0n) is 10.6. The molecule has 1 aliphatic heterocycles. The number of ether oxygens (including phenoxy) is 1. The zero-order valence-corrected chi connectivity index (χ0v) is 10.6. The molecule has 0 spiro atoms. The Kier molecular flexibility index (Phi) is 4.20. The molecule has 0 radical (unpaired) electrons. The first-order chi connectivity index (χ1) is 8.26. The van der Waals surface area contributed by atoms with Gasteiger partial charge in [0.2, 0.25) is 0 Å². The van der Waals surface area contributed by atoms with Gasteiger partial charge in [0.15, 0.2) is 0 Å². The number of likely N-dealkylation sites (tertiary alicyclic amines) is 1. The molecule has 0 saturated carbocycles. The molecule has 1 aromatic heterocycles. The Morgan fingerprint density at radius 1 is 1.65 bits per heavy atom. The van der Waals surface area contributed by atoms with Crippen LogP contribution in [0.2, 0.25) is 0 Å². The maximum absolute atomic E-state index is 5.89. The van der Waals surface area contributed by atoms with Crippen LogP contribution in [0.1, 0.15) is 24.9 Å². The van der Waals surface area contributed by atoms with E-state index in [1.807, 2.05) is 6.07 Å². The lowest BCUT2D eigenvalue weighted by Crippen LogP contribution is -2.47. The minimum atomic E-state index is 0.249. The van der Waals surface area contributed by atoms with E-state index in [-0.39, 0.29) is 6.04 Å². The molecule has 2 heterocycles. The van der Waals surface area contributed by atoms with E-state index in [2.05, 4.69) is 11.8 Å². The molecule has 1 aromatic rings. The van der Waals surface area contributed by atoms with Crippen LogP contribution in [0, 0.1) is 5.92 Å². The van der Waals surface area contributed by atoms with E-state index >= 15 is 0 Å². The molecule has 0 bridgehead atoms. The monoisotopic (exact) mass is 238 g/mol. The van der Waals surface area contributed by atoms with Gasteiger partial charge in [-0.2, -0.15) is 0 Å². The summed E-state index contributed by atoms with van der Waals surface area (Å²) in [5.74, 6) is 0.624. The molecule has 4 heteroatoms. The first kappa shape index (κ1) is 12.6. The first-order valence-corrected chi connectivity index (χ1v) is 6.25. The third-order valence-corrected chi connectivity index (χ3v) is 3.82. The highest BCUT2D eigenvalue weighted by Gasteiger charge is 2.30. The summed E-state index contributed by atoms with van der Waals surface area (Å²) in [6.45, 7) is 4.89. The zero-order chi connectivity index (χ0) is 12.3.